The molecule has 0 saturated carbocycles. The molecule has 6 heteroatoms. The monoisotopic (exact) mass is 849 g/mol. The van der Waals surface area contributed by atoms with Crippen molar-refractivity contribution in [3.63, 3.8) is 0 Å². The van der Waals surface area contributed by atoms with Crippen molar-refractivity contribution in [1.82, 2.24) is 0 Å². The molecule has 0 fully saturated rings. The Balaban J connectivity index is 4.29. The molecule has 0 amide bonds. The van der Waals surface area contributed by atoms with E-state index in [0.717, 1.165) is 63.7 Å². The number of carbonyl (C=O) groups is 3. The van der Waals surface area contributed by atoms with Crippen molar-refractivity contribution in [2.45, 2.75) is 310 Å². The molecule has 0 spiro atoms. The van der Waals surface area contributed by atoms with Crippen LogP contribution in [0, 0.1) is 5.92 Å². The van der Waals surface area contributed by atoms with Crippen molar-refractivity contribution >= 4 is 17.9 Å². The Hall–Kier alpha value is -1.59. The molecule has 356 valence electrons. The van der Waals surface area contributed by atoms with Gasteiger partial charge in [-0.05, 0) is 25.2 Å². The minimum atomic E-state index is -0.761. The van der Waals surface area contributed by atoms with E-state index in [-0.39, 0.29) is 31.1 Å². The molecule has 0 aliphatic carbocycles. The van der Waals surface area contributed by atoms with Crippen molar-refractivity contribution in [2.24, 2.45) is 5.92 Å². The van der Waals surface area contributed by atoms with Gasteiger partial charge < -0.3 is 14.2 Å². The van der Waals surface area contributed by atoms with Crippen LogP contribution in [0.25, 0.3) is 0 Å². The molecule has 1 atom stereocenters. The Morgan fingerprint density at radius 2 is 0.550 bits per heavy atom. The fraction of sp³-hybridized carbons (Fsp3) is 0.944. The first kappa shape index (κ1) is 58.4. The van der Waals surface area contributed by atoms with Crippen LogP contribution in [-0.2, 0) is 28.6 Å². The van der Waals surface area contributed by atoms with E-state index in [1.54, 1.807) is 0 Å². The minimum absolute atomic E-state index is 0.0626. The average molecular weight is 849 g/mol. The molecule has 0 aliphatic rings. The maximum absolute atomic E-state index is 12.8. The standard InChI is InChI=1S/C54H104O6/c1-5-7-9-11-13-15-17-19-20-21-22-23-25-31-35-39-43-47-54(57)60-51(48-58-52(55)45-41-37-33-29-24-18-16-14-12-10-8-6-2)49-59-53(56)46-42-38-34-30-27-26-28-32-36-40-44-50(3)4/h50-51H,5-49H2,1-4H3/t51-/m0/s1. The van der Waals surface area contributed by atoms with Crippen molar-refractivity contribution in [3.05, 3.63) is 0 Å². The third kappa shape index (κ3) is 47.5. The topological polar surface area (TPSA) is 78.9 Å². The van der Waals surface area contributed by atoms with Gasteiger partial charge in [0, 0.05) is 19.3 Å². The van der Waals surface area contributed by atoms with Crippen LogP contribution in [-0.4, -0.2) is 37.2 Å². The molecule has 0 aromatic carbocycles. The highest BCUT2D eigenvalue weighted by molar-refractivity contribution is 5.71. The number of hydrogen-bond acceptors (Lipinski definition) is 6. The molecule has 0 aromatic rings. The number of rotatable bonds is 49. The van der Waals surface area contributed by atoms with Crippen molar-refractivity contribution < 1.29 is 28.6 Å². The van der Waals surface area contributed by atoms with Gasteiger partial charge in [0.25, 0.3) is 0 Å². The number of hydrogen-bond donors (Lipinski definition) is 0. The van der Waals surface area contributed by atoms with Crippen LogP contribution in [0.2, 0.25) is 0 Å². The van der Waals surface area contributed by atoms with E-state index in [0.29, 0.717) is 19.3 Å². The van der Waals surface area contributed by atoms with Crippen LogP contribution in [0.4, 0.5) is 0 Å². The van der Waals surface area contributed by atoms with Gasteiger partial charge in [-0.1, -0.05) is 265 Å². The Morgan fingerprint density at radius 1 is 0.317 bits per heavy atom. The summed E-state index contributed by atoms with van der Waals surface area (Å²) in [6.07, 6.45) is 50.9. The van der Waals surface area contributed by atoms with Crippen molar-refractivity contribution in [1.29, 1.82) is 0 Å². The zero-order valence-corrected chi connectivity index (χ0v) is 40.9. The van der Waals surface area contributed by atoms with E-state index in [2.05, 4.69) is 27.7 Å². The molecule has 0 saturated heterocycles. The molecule has 0 radical (unpaired) electrons. The Labute approximate surface area is 374 Å². The second-order valence-electron chi connectivity index (χ2n) is 19.0. The Kier molecular flexibility index (Phi) is 47.2. The minimum Gasteiger partial charge on any atom is -0.462 e. The smallest absolute Gasteiger partial charge is 0.306 e. The summed E-state index contributed by atoms with van der Waals surface area (Å²) in [5, 5.41) is 0. The van der Waals surface area contributed by atoms with Crippen molar-refractivity contribution in [2.75, 3.05) is 13.2 Å². The van der Waals surface area contributed by atoms with Crippen molar-refractivity contribution in [3.8, 4) is 0 Å². The average Bonchev–Trinajstić information content (AvgIpc) is 3.23. The van der Waals surface area contributed by atoms with Gasteiger partial charge in [-0.15, -0.1) is 0 Å². The molecule has 0 unspecified atom stereocenters. The maximum atomic E-state index is 12.8. The quantitative estimate of drug-likeness (QED) is 0.0345. The first-order valence-corrected chi connectivity index (χ1v) is 26.9. The lowest BCUT2D eigenvalue weighted by atomic mass is 10.0. The zero-order valence-electron chi connectivity index (χ0n) is 40.9. The molecule has 0 rings (SSSR count). The van der Waals surface area contributed by atoms with Gasteiger partial charge in [-0.3, -0.25) is 14.4 Å². The summed E-state index contributed by atoms with van der Waals surface area (Å²) in [7, 11) is 0. The van der Waals surface area contributed by atoms with E-state index >= 15 is 0 Å². The van der Waals surface area contributed by atoms with Gasteiger partial charge in [-0.25, -0.2) is 0 Å². The third-order valence-corrected chi connectivity index (χ3v) is 12.3. The molecule has 60 heavy (non-hydrogen) atoms. The van der Waals surface area contributed by atoms with Crippen LogP contribution >= 0.6 is 0 Å². The van der Waals surface area contributed by atoms with E-state index in [4.69, 9.17) is 14.2 Å². The molecule has 0 bridgehead atoms. The summed E-state index contributed by atoms with van der Waals surface area (Å²) in [4.78, 5) is 38.0. The molecular weight excluding hydrogens is 745 g/mol. The normalized spacial score (nSPS) is 11.9. The number of ether oxygens (including phenoxy) is 3. The SMILES string of the molecule is CCCCCCCCCCCCCCCCCCCC(=O)O[C@@H](COC(=O)CCCCCCCCCCCCCC)COC(=O)CCCCCCCCCCCCC(C)C. The van der Waals surface area contributed by atoms with Gasteiger partial charge in [0.1, 0.15) is 13.2 Å². The predicted molar refractivity (Wildman–Crippen MR) is 257 cm³/mol. The highest BCUT2D eigenvalue weighted by atomic mass is 16.6. The van der Waals surface area contributed by atoms with Gasteiger partial charge in [0.05, 0.1) is 0 Å². The molecule has 0 aliphatic heterocycles. The molecular formula is C54H104O6. The van der Waals surface area contributed by atoms with Gasteiger partial charge in [0.2, 0.25) is 0 Å². The van der Waals surface area contributed by atoms with Gasteiger partial charge in [0.15, 0.2) is 6.10 Å². The number of carbonyl (C=O) groups excluding carboxylic acids is 3. The molecule has 6 nitrogen and oxygen atoms in total. The molecule has 0 heterocycles. The third-order valence-electron chi connectivity index (χ3n) is 12.3. The largest absolute Gasteiger partial charge is 0.462 e. The second-order valence-corrected chi connectivity index (χ2v) is 19.0. The first-order valence-electron chi connectivity index (χ1n) is 26.9. The summed E-state index contributed by atoms with van der Waals surface area (Å²) in [6.45, 7) is 9.02. The highest BCUT2D eigenvalue weighted by Gasteiger charge is 2.19. The van der Waals surface area contributed by atoms with Crippen LogP contribution in [0.15, 0.2) is 0 Å². The highest BCUT2D eigenvalue weighted by Crippen LogP contribution is 2.17. The van der Waals surface area contributed by atoms with E-state index in [1.165, 1.54) is 199 Å². The van der Waals surface area contributed by atoms with E-state index < -0.39 is 6.10 Å². The number of esters is 3. The van der Waals surface area contributed by atoms with Crippen LogP contribution in [0.3, 0.4) is 0 Å². The van der Waals surface area contributed by atoms with Crippen LogP contribution in [0.1, 0.15) is 304 Å². The lowest BCUT2D eigenvalue weighted by Crippen LogP contribution is -2.30. The van der Waals surface area contributed by atoms with Gasteiger partial charge in [-0.2, -0.15) is 0 Å². The summed E-state index contributed by atoms with van der Waals surface area (Å²) >= 11 is 0. The Bertz CT molecular complexity index is 903. The fourth-order valence-corrected chi connectivity index (χ4v) is 8.22. The number of unbranched alkanes of at least 4 members (excludes halogenated alkanes) is 36. The van der Waals surface area contributed by atoms with Crippen LogP contribution < -0.4 is 0 Å². The van der Waals surface area contributed by atoms with Crippen LogP contribution in [0.5, 0.6) is 0 Å². The predicted octanol–water partition coefficient (Wildman–Crippen LogP) is 17.5. The summed E-state index contributed by atoms with van der Waals surface area (Å²) < 4.78 is 16.8. The summed E-state index contributed by atoms with van der Waals surface area (Å²) in [5.74, 6) is -0.0236. The first-order chi connectivity index (χ1) is 29.4. The summed E-state index contributed by atoms with van der Waals surface area (Å²) in [6, 6.07) is 0. The Morgan fingerprint density at radius 3 is 0.817 bits per heavy atom. The summed E-state index contributed by atoms with van der Waals surface area (Å²) in [5.41, 5.74) is 0. The van der Waals surface area contributed by atoms with E-state index in [9.17, 15) is 14.4 Å². The lowest BCUT2D eigenvalue weighted by Gasteiger charge is -2.18. The van der Waals surface area contributed by atoms with Gasteiger partial charge >= 0.3 is 17.9 Å². The second kappa shape index (κ2) is 48.4. The maximum Gasteiger partial charge on any atom is 0.306 e. The fourth-order valence-electron chi connectivity index (χ4n) is 8.22. The molecule has 0 aromatic heterocycles. The zero-order chi connectivity index (χ0) is 43.8. The lowest BCUT2D eigenvalue weighted by molar-refractivity contribution is -0.167. The molecule has 0 N–H and O–H groups in total. The van der Waals surface area contributed by atoms with E-state index in [1.807, 2.05) is 0 Å².